The molecule has 0 saturated heterocycles. The summed E-state index contributed by atoms with van der Waals surface area (Å²) >= 11 is 1.85. The van der Waals surface area contributed by atoms with Crippen molar-refractivity contribution >= 4 is 34.6 Å². The fourth-order valence-corrected chi connectivity index (χ4v) is 5.20. The van der Waals surface area contributed by atoms with Crippen LogP contribution in [0.5, 0.6) is 0 Å². The Bertz CT molecular complexity index is 1420. The average Bonchev–Trinajstić information content (AvgIpc) is 3.26. The van der Waals surface area contributed by atoms with Crippen LogP contribution in [-0.4, -0.2) is 54.5 Å². The molecule has 5 rings (SSSR count). The Hall–Kier alpha value is -3.11. The van der Waals surface area contributed by atoms with Crippen molar-refractivity contribution in [1.29, 1.82) is 0 Å². The molecule has 4 heterocycles. The van der Waals surface area contributed by atoms with E-state index in [4.69, 9.17) is 4.98 Å². The highest BCUT2D eigenvalue weighted by atomic mass is 32.2. The molecule has 10 heteroatoms. The van der Waals surface area contributed by atoms with Gasteiger partial charge in [0.15, 0.2) is 11.6 Å². The van der Waals surface area contributed by atoms with Gasteiger partial charge in [-0.05, 0) is 50.8 Å². The van der Waals surface area contributed by atoms with Crippen molar-refractivity contribution in [1.82, 2.24) is 29.4 Å². The Morgan fingerprint density at radius 2 is 1.87 bits per heavy atom. The normalized spacial score (nSPS) is 13.4. The molecule has 1 aliphatic heterocycles. The highest BCUT2D eigenvalue weighted by molar-refractivity contribution is 7.98. The number of nitrogens with one attached hydrogen (secondary N) is 1. The van der Waals surface area contributed by atoms with Gasteiger partial charge in [0.05, 0.1) is 11.7 Å². The molecule has 0 amide bonds. The van der Waals surface area contributed by atoms with E-state index in [0.717, 1.165) is 43.7 Å². The second-order valence-corrected chi connectivity index (χ2v) is 10.3. The lowest BCUT2D eigenvalue weighted by molar-refractivity contribution is 0.268. The van der Waals surface area contributed by atoms with Crippen LogP contribution in [0, 0.1) is 18.6 Å². The number of thioether (sulfide) groups is 1. The van der Waals surface area contributed by atoms with Crippen LogP contribution in [0.3, 0.4) is 0 Å². The largest absolute Gasteiger partial charge is 0.326 e. The van der Waals surface area contributed by atoms with Crippen molar-refractivity contribution < 1.29 is 8.78 Å². The van der Waals surface area contributed by atoms with E-state index in [0.29, 0.717) is 22.7 Å². The third-order valence-corrected chi connectivity index (χ3v) is 7.03. The summed E-state index contributed by atoms with van der Waals surface area (Å²) in [6.07, 6.45) is 4.09. The summed E-state index contributed by atoms with van der Waals surface area (Å²) in [6, 6.07) is 7.03. The first-order valence-corrected chi connectivity index (χ1v) is 14.4. The minimum Gasteiger partial charge on any atom is -0.326 e. The predicted molar refractivity (Wildman–Crippen MR) is 152 cm³/mol. The van der Waals surface area contributed by atoms with Gasteiger partial charge < -0.3 is 9.88 Å². The summed E-state index contributed by atoms with van der Waals surface area (Å²) < 4.78 is 31.7. The standard InChI is InChI=1S/C26H29F2N7S.C2H6/c1-15(2)35-16(3)30-25-19(27)11-18(12-22(25)35)24-20(28)13-29-26(33-24)32-23-6-5-17-14-34(9-10-36-4)8-7-21(17)31-23;1-2/h5-6,11-13,15H,7-10,14H2,1-4H3,(H,29,31,32,33);1-2H3. The van der Waals surface area contributed by atoms with Gasteiger partial charge in [0.25, 0.3) is 0 Å². The molecule has 0 fully saturated rings. The molecule has 0 saturated carbocycles. The number of aromatic nitrogens is 5. The van der Waals surface area contributed by atoms with E-state index in [-0.39, 0.29) is 23.2 Å². The van der Waals surface area contributed by atoms with Crippen LogP contribution in [0.1, 0.15) is 50.8 Å². The van der Waals surface area contributed by atoms with Gasteiger partial charge in [-0.1, -0.05) is 19.9 Å². The van der Waals surface area contributed by atoms with Gasteiger partial charge in [0.2, 0.25) is 5.95 Å². The number of benzene rings is 1. The predicted octanol–water partition coefficient (Wildman–Crippen LogP) is 6.55. The first kappa shape index (κ1) is 27.9. The lowest BCUT2D eigenvalue weighted by atomic mass is 10.1. The van der Waals surface area contributed by atoms with E-state index in [2.05, 4.69) is 37.5 Å². The molecule has 4 aromatic rings. The Balaban J connectivity index is 0.00000164. The number of nitrogens with zero attached hydrogens (tertiary/aromatic N) is 6. The van der Waals surface area contributed by atoms with E-state index < -0.39 is 11.6 Å². The minimum absolute atomic E-state index is 0.0184. The fourth-order valence-electron chi connectivity index (χ4n) is 4.76. The van der Waals surface area contributed by atoms with Crippen molar-refractivity contribution in [2.24, 2.45) is 0 Å². The molecule has 0 unspecified atom stereocenters. The van der Waals surface area contributed by atoms with Gasteiger partial charge in [-0.15, -0.1) is 0 Å². The van der Waals surface area contributed by atoms with Gasteiger partial charge in [0.1, 0.15) is 22.9 Å². The van der Waals surface area contributed by atoms with Crippen LogP contribution in [0.25, 0.3) is 22.3 Å². The van der Waals surface area contributed by atoms with Crippen molar-refractivity contribution in [3.05, 3.63) is 59.2 Å². The average molecular weight is 540 g/mol. The maximum Gasteiger partial charge on any atom is 0.229 e. The van der Waals surface area contributed by atoms with Gasteiger partial charge in [-0.2, -0.15) is 11.8 Å². The number of anilines is 2. The first-order chi connectivity index (χ1) is 18.3. The smallest absolute Gasteiger partial charge is 0.229 e. The Morgan fingerprint density at radius 3 is 2.61 bits per heavy atom. The van der Waals surface area contributed by atoms with E-state index >= 15 is 0 Å². The Kier molecular flexibility index (Phi) is 8.94. The number of hydrogen-bond acceptors (Lipinski definition) is 7. The summed E-state index contributed by atoms with van der Waals surface area (Å²) in [5.41, 5.74) is 3.48. The van der Waals surface area contributed by atoms with Gasteiger partial charge >= 0.3 is 0 Å². The third-order valence-electron chi connectivity index (χ3n) is 6.44. The monoisotopic (exact) mass is 539 g/mol. The van der Waals surface area contributed by atoms with Crippen molar-refractivity contribution in [2.75, 3.05) is 30.4 Å². The molecule has 0 spiro atoms. The molecular weight excluding hydrogens is 504 g/mol. The molecule has 38 heavy (non-hydrogen) atoms. The van der Waals surface area contributed by atoms with Crippen LogP contribution >= 0.6 is 11.8 Å². The van der Waals surface area contributed by atoms with Crippen molar-refractivity contribution in [3.63, 3.8) is 0 Å². The highest BCUT2D eigenvalue weighted by Gasteiger charge is 2.20. The second kappa shape index (κ2) is 12.2. The van der Waals surface area contributed by atoms with E-state index in [1.807, 2.05) is 57.0 Å². The molecule has 3 aromatic heterocycles. The van der Waals surface area contributed by atoms with Gasteiger partial charge in [-0.25, -0.2) is 28.7 Å². The van der Waals surface area contributed by atoms with Gasteiger partial charge in [0, 0.05) is 49.1 Å². The first-order valence-electron chi connectivity index (χ1n) is 13.0. The van der Waals surface area contributed by atoms with Gasteiger partial charge in [-0.3, -0.25) is 4.90 Å². The molecule has 7 nitrogen and oxygen atoms in total. The maximum atomic E-state index is 15.0. The molecule has 0 radical (unpaired) electrons. The summed E-state index contributed by atoms with van der Waals surface area (Å²) in [5.74, 6) is 1.47. The molecule has 0 bridgehead atoms. The van der Waals surface area contributed by atoms with Crippen LogP contribution in [0.2, 0.25) is 0 Å². The lowest BCUT2D eigenvalue weighted by Gasteiger charge is -2.28. The molecule has 0 atom stereocenters. The molecular formula is C28H35F2N7S. The molecule has 0 aliphatic carbocycles. The lowest BCUT2D eigenvalue weighted by Crippen LogP contribution is -2.32. The SMILES string of the molecule is CC.CSCCN1CCc2nc(Nc3ncc(F)c(-c4cc(F)c5nc(C)n(C(C)C)c5c4)n3)ccc2C1. The highest BCUT2D eigenvalue weighted by Crippen LogP contribution is 2.30. The quantitative estimate of drug-likeness (QED) is 0.286. The van der Waals surface area contributed by atoms with Crippen LogP contribution in [0.15, 0.2) is 30.5 Å². The van der Waals surface area contributed by atoms with E-state index in [1.54, 1.807) is 6.07 Å². The summed E-state index contributed by atoms with van der Waals surface area (Å²) in [5, 5.41) is 3.09. The third kappa shape index (κ3) is 5.81. The summed E-state index contributed by atoms with van der Waals surface area (Å²) in [4.78, 5) is 20.0. The Morgan fingerprint density at radius 1 is 1.08 bits per heavy atom. The van der Waals surface area contributed by atoms with Crippen LogP contribution < -0.4 is 5.32 Å². The molecule has 1 N–H and O–H groups in total. The minimum atomic E-state index is -0.629. The number of aryl methyl sites for hydroxylation is 1. The van der Waals surface area contributed by atoms with E-state index in [1.165, 1.54) is 11.6 Å². The molecule has 1 aromatic carbocycles. The summed E-state index contributed by atoms with van der Waals surface area (Å²) in [6.45, 7) is 12.8. The van der Waals surface area contributed by atoms with Crippen molar-refractivity contribution in [2.45, 2.75) is 53.6 Å². The molecule has 202 valence electrons. The van der Waals surface area contributed by atoms with Crippen LogP contribution in [-0.2, 0) is 13.0 Å². The topological polar surface area (TPSA) is 71.8 Å². The zero-order chi connectivity index (χ0) is 27.4. The number of fused-ring (bicyclic) bond motifs is 2. The Labute approximate surface area is 227 Å². The number of hydrogen-bond donors (Lipinski definition) is 1. The molecule has 1 aliphatic rings. The number of pyridine rings is 1. The number of rotatable bonds is 7. The zero-order valence-corrected chi connectivity index (χ0v) is 23.7. The second-order valence-electron chi connectivity index (χ2n) is 9.28. The van der Waals surface area contributed by atoms with Crippen LogP contribution in [0.4, 0.5) is 20.5 Å². The zero-order valence-electron chi connectivity index (χ0n) is 22.8. The number of halogens is 2. The number of imidazole rings is 1. The fraction of sp³-hybridized carbons (Fsp3) is 0.429. The van der Waals surface area contributed by atoms with Crippen molar-refractivity contribution in [3.8, 4) is 11.3 Å². The maximum absolute atomic E-state index is 15.0. The van der Waals surface area contributed by atoms with E-state index in [9.17, 15) is 8.78 Å². The summed E-state index contributed by atoms with van der Waals surface area (Å²) in [7, 11) is 0.